The van der Waals surface area contributed by atoms with E-state index in [-0.39, 0.29) is 11.6 Å². The third-order valence-corrected chi connectivity index (χ3v) is 3.99. The van der Waals surface area contributed by atoms with Gasteiger partial charge in [0.05, 0.1) is 11.6 Å². The average molecular weight is 268 g/mol. The van der Waals surface area contributed by atoms with Crippen molar-refractivity contribution >= 4 is 23.4 Å². The fourth-order valence-corrected chi connectivity index (χ4v) is 2.38. The number of nitrogens with one attached hydrogen (secondary N) is 2. The number of anilines is 2. The van der Waals surface area contributed by atoms with E-state index in [0.717, 1.165) is 29.8 Å². The van der Waals surface area contributed by atoms with Gasteiger partial charge in [0.15, 0.2) is 5.16 Å². The van der Waals surface area contributed by atoms with Crippen LogP contribution in [0.1, 0.15) is 20.3 Å². The standard InChI is InChI=1S/C12H20N4OS/c1-8-12(2,5-6-17-8)16-10-7-9(13-3)14-11(15-10)18-4/h7-8H,5-6H2,1-4H3,(H2,13,14,15,16). The summed E-state index contributed by atoms with van der Waals surface area (Å²) in [6.45, 7) is 5.06. The summed E-state index contributed by atoms with van der Waals surface area (Å²) >= 11 is 1.54. The number of hydrogen-bond donors (Lipinski definition) is 2. The molecule has 0 bridgehead atoms. The molecule has 2 N–H and O–H groups in total. The molecule has 5 nitrogen and oxygen atoms in total. The van der Waals surface area contributed by atoms with Crippen molar-refractivity contribution in [2.45, 2.75) is 37.1 Å². The molecule has 100 valence electrons. The van der Waals surface area contributed by atoms with Crippen molar-refractivity contribution in [3.05, 3.63) is 6.07 Å². The van der Waals surface area contributed by atoms with Crippen molar-refractivity contribution in [2.24, 2.45) is 0 Å². The van der Waals surface area contributed by atoms with Crippen LogP contribution >= 0.6 is 11.8 Å². The van der Waals surface area contributed by atoms with Crippen LogP contribution in [-0.2, 0) is 4.74 Å². The minimum atomic E-state index is -0.0605. The summed E-state index contributed by atoms with van der Waals surface area (Å²) in [4.78, 5) is 8.84. The lowest BCUT2D eigenvalue weighted by atomic mass is 9.95. The number of ether oxygens (including phenoxy) is 1. The van der Waals surface area contributed by atoms with Crippen molar-refractivity contribution in [1.82, 2.24) is 9.97 Å². The number of hydrogen-bond acceptors (Lipinski definition) is 6. The van der Waals surface area contributed by atoms with Crippen molar-refractivity contribution in [1.29, 1.82) is 0 Å². The van der Waals surface area contributed by atoms with Crippen LogP contribution in [0.3, 0.4) is 0 Å². The van der Waals surface area contributed by atoms with Crippen molar-refractivity contribution in [2.75, 3.05) is 30.5 Å². The Morgan fingerprint density at radius 1 is 1.44 bits per heavy atom. The Kier molecular flexibility index (Phi) is 3.97. The molecule has 2 heterocycles. The van der Waals surface area contributed by atoms with Gasteiger partial charge in [-0.3, -0.25) is 0 Å². The maximum Gasteiger partial charge on any atom is 0.191 e. The molecule has 1 aliphatic rings. The third-order valence-electron chi connectivity index (χ3n) is 3.44. The first-order chi connectivity index (χ1) is 8.57. The molecule has 1 saturated heterocycles. The van der Waals surface area contributed by atoms with Crippen LogP contribution < -0.4 is 10.6 Å². The van der Waals surface area contributed by atoms with Gasteiger partial charge < -0.3 is 15.4 Å². The lowest BCUT2D eigenvalue weighted by Crippen LogP contribution is -2.41. The summed E-state index contributed by atoms with van der Waals surface area (Å²) in [7, 11) is 1.86. The van der Waals surface area contributed by atoms with Crippen LogP contribution in [0.4, 0.5) is 11.6 Å². The summed E-state index contributed by atoms with van der Waals surface area (Å²) in [6.07, 6.45) is 3.15. The number of aromatic nitrogens is 2. The van der Waals surface area contributed by atoms with Gasteiger partial charge in [-0.1, -0.05) is 11.8 Å². The second kappa shape index (κ2) is 5.32. The van der Waals surface area contributed by atoms with Crippen LogP contribution in [0, 0.1) is 0 Å². The van der Waals surface area contributed by atoms with Crippen LogP contribution in [0.25, 0.3) is 0 Å². The van der Waals surface area contributed by atoms with Crippen LogP contribution in [0.15, 0.2) is 11.2 Å². The molecule has 0 saturated carbocycles. The molecule has 0 aromatic carbocycles. The molecular weight excluding hydrogens is 248 g/mol. The number of nitrogens with zero attached hydrogens (tertiary/aromatic N) is 2. The van der Waals surface area contributed by atoms with Crippen molar-refractivity contribution in [3.63, 3.8) is 0 Å². The summed E-state index contributed by atoms with van der Waals surface area (Å²) in [5, 5.41) is 7.31. The zero-order valence-corrected chi connectivity index (χ0v) is 12.1. The first-order valence-corrected chi connectivity index (χ1v) is 7.30. The summed E-state index contributed by atoms with van der Waals surface area (Å²) < 4.78 is 5.63. The highest BCUT2D eigenvalue weighted by Crippen LogP contribution is 2.30. The number of thioether (sulfide) groups is 1. The summed E-state index contributed by atoms with van der Waals surface area (Å²) in [5.41, 5.74) is -0.0605. The predicted molar refractivity (Wildman–Crippen MR) is 75.4 cm³/mol. The van der Waals surface area contributed by atoms with Gasteiger partial charge in [-0.2, -0.15) is 0 Å². The van der Waals surface area contributed by atoms with E-state index in [1.165, 1.54) is 11.8 Å². The van der Waals surface area contributed by atoms with Crippen molar-refractivity contribution in [3.8, 4) is 0 Å². The highest BCUT2D eigenvalue weighted by Gasteiger charge is 2.37. The highest BCUT2D eigenvalue weighted by atomic mass is 32.2. The summed E-state index contributed by atoms with van der Waals surface area (Å²) in [6, 6.07) is 1.93. The zero-order chi connectivity index (χ0) is 13.2. The SMILES string of the molecule is CNc1cc(NC2(C)CCOC2C)nc(SC)n1. The van der Waals surface area contributed by atoms with E-state index in [1.807, 2.05) is 19.4 Å². The number of rotatable bonds is 4. The average Bonchev–Trinajstić information content (AvgIpc) is 2.68. The molecule has 1 aromatic heterocycles. The molecule has 2 rings (SSSR count). The molecular formula is C12H20N4OS. The van der Waals surface area contributed by atoms with E-state index in [1.54, 1.807) is 0 Å². The Labute approximate surface area is 112 Å². The third kappa shape index (κ3) is 2.70. The molecule has 0 amide bonds. The zero-order valence-electron chi connectivity index (χ0n) is 11.3. The molecule has 1 aliphatic heterocycles. The maximum atomic E-state index is 5.63. The van der Waals surface area contributed by atoms with E-state index in [4.69, 9.17) is 4.74 Å². The van der Waals surface area contributed by atoms with Gasteiger partial charge in [-0.25, -0.2) is 9.97 Å². The molecule has 0 spiro atoms. The topological polar surface area (TPSA) is 59.1 Å². The normalized spacial score (nSPS) is 27.2. The fourth-order valence-electron chi connectivity index (χ4n) is 2.00. The maximum absolute atomic E-state index is 5.63. The fraction of sp³-hybridized carbons (Fsp3) is 0.667. The Hall–Kier alpha value is -1.01. The second-order valence-electron chi connectivity index (χ2n) is 4.68. The van der Waals surface area contributed by atoms with Gasteiger partial charge in [0.2, 0.25) is 0 Å². The predicted octanol–water partition coefficient (Wildman–Crippen LogP) is 2.22. The van der Waals surface area contributed by atoms with Gasteiger partial charge in [-0.15, -0.1) is 0 Å². The Balaban J connectivity index is 2.22. The van der Waals surface area contributed by atoms with Crippen LogP contribution in [0.2, 0.25) is 0 Å². The minimum Gasteiger partial charge on any atom is -0.376 e. The molecule has 2 unspecified atom stereocenters. The van der Waals surface area contributed by atoms with E-state index < -0.39 is 0 Å². The van der Waals surface area contributed by atoms with Gasteiger partial charge in [-0.05, 0) is 26.5 Å². The largest absolute Gasteiger partial charge is 0.376 e. The molecule has 1 fully saturated rings. The van der Waals surface area contributed by atoms with Gasteiger partial charge >= 0.3 is 0 Å². The van der Waals surface area contributed by atoms with Crippen LogP contribution in [-0.4, -0.2) is 41.5 Å². The Morgan fingerprint density at radius 3 is 2.72 bits per heavy atom. The van der Waals surface area contributed by atoms with Gasteiger partial charge in [0.1, 0.15) is 11.6 Å². The van der Waals surface area contributed by atoms with Gasteiger partial charge in [0.25, 0.3) is 0 Å². The van der Waals surface area contributed by atoms with E-state index in [0.29, 0.717) is 0 Å². The molecule has 2 atom stereocenters. The molecule has 1 aromatic rings. The quantitative estimate of drug-likeness (QED) is 0.645. The first kappa shape index (κ1) is 13.4. The smallest absolute Gasteiger partial charge is 0.191 e. The van der Waals surface area contributed by atoms with E-state index in [9.17, 15) is 0 Å². The minimum absolute atomic E-state index is 0.0605. The lowest BCUT2D eigenvalue weighted by Gasteiger charge is -2.29. The molecule has 0 aliphatic carbocycles. The Morgan fingerprint density at radius 2 is 2.17 bits per heavy atom. The van der Waals surface area contributed by atoms with E-state index >= 15 is 0 Å². The lowest BCUT2D eigenvalue weighted by molar-refractivity contribution is 0.105. The monoisotopic (exact) mass is 268 g/mol. The molecule has 18 heavy (non-hydrogen) atoms. The van der Waals surface area contributed by atoms with Crippen LogP contribution in [0.5, 0.6) is 0 Å². The Bertz CT molecular complexity index is 406. The second-order valence-corrected chi connectivity index (χ2v) is 5.45. The first-order valence-electron chi connectivity index (χ1n) is 6.08. The summed E-state index contributed by atoms with van der Waals surface area (Å²) in [5.74, 6) is 1.67. The van der Waals surface area contributed by atoms with Crippen molar-refractivity contribution < 1.29 is 4.74 Å². The van der Waals surface area contributed by atoms with E-state index in [2.05, 4.69) is 34.4 Å². The van der Waals surface area contributed by atoms with Gasteiger partial charge in [0, 0.05) is 19.7 Å². The molecule has 0 radical (unpaired) electrons. The highest BCUT2D eigenvalue weighted by molar-refractivity contribution is 7.98. The molecule has 6 heteroatoms.